The van der Waals surface area contributed by atoms with Gasteiger partial charge >= 0.3 is 12.3 Å². The third-order valence-corrected chi connectivity index (χ3v) is 5.99. The topological polar surface area (TPSA) is 128 Å². The monoisotopic (exact) mass is 539 g/mol. The van der Waals surface area contributed by atoms with Crippen LogP contribution in [-0.2, 0) is 22.3 Å². The van der Waals surface area contributed by atoms with Crippen molar-refractivity contribution in [3.05, 3.63) is 47.2 Å². The van der Waals surface area contributed by atoms with Gasteiger partial charge in [-0.25, -0.2) is 9.18 Å². The number of halogens is 4. The van der Waals surface area contributed by atoms with Crippen molar-refractivity contribution >= 4 is 17.9 Å². The Kier molecular flexibility index (Phi) is 8.27. The molecular weight excluding hydrogens is 510 g/mol. The van der Waals surface area contributed by atoms with Crippen molar-refractivity contribution in [2.24, 2.45) is 5.73 Å². The Morgan fingerprint density at radius 3 is 2.39 bits per heavy atom. The summed E-state index contributed by atoms with van der Waals surface area (Å²) in [4.78, 5) is 46.0. The highest BCUT2D eigenvalue weighted by Crippen LogP contribution is 2.32. The maximum absolute atomic E-state index is 14.5. The maximum Gasteiger partial charge on any atom is 0.434 e. The Labute approximate surface area is 216 Å². The number of nitrogens with one attached hydrogen (secondary N) is 1. The predicted octanol–water partition coefficient (Wildman–Crippen LogP) is 4.19. The van der Waals surface area contributed by atoms with Crippen LogP contribution >= 0.6 is 0 Å². The molecule has 1 aliphatic heterocycles. The molecule has 206 valence electrons. The van der Waals surface area contributed by atoms with Gasteiger partial charge in [-0.1, -0.05) is 6.92 Å². The van der Waals surface area contributed by atoms with E-state index >= 15 is 0 Å². The number of alkyl halides is 3. The van der Waals surface area contributed by atoms with Gasteiger partial charge in [-0.05, 0) is 52.2 Å². The quantitative estimate of drug-likeness (QED) is 0.530. The molecule has 1 unspecified atom stereocenters. The molecule has 2 atom stereocenters. The predicted molar refractivity (Wildman–Crippen MR) is 128 cm³/mol. The Morgan fingerprint density at radius 1 is 1.13 bits per heavy atom. The van der Waals surface area contributed by atoms with Gasteiger partial charge in [0.25, 0.3) is 5.91 Å². The first-order chi connectivity index (χ1) is 17.6. The minimum atomic E-state index is -4.90. The van der Waals surface area contributed by atoms with E-state index in [-0.39, 0.29) is 29.4 Å². The summed E-state index contributed by atoms with van der Waals surface area (Å²) in [5, 5.41) is 2.62. The van der Waals surface area contributed by atoms with Crippen molar-refractivity contribution in [3.63, 3.8) is 0 Å². The number of ether oxygens (including phenoxy) is 1. The van der Waals surface area contributed by atoms with Crippen LogP contribution in [0, 0.1) is 5.82 Å². The number of carbonyl (C=O) groups excluding carboxylic acids is 3. The fourth-order valence-electron chi connectivity index (χ4n) is 4.22. The standard InChI is InChI=1S/C25H29F4N5O4/c1-5-15-6-7-19(34(15)23(37)38-24(2,3)4)22(36)33-10-13-9-18(31-12-17(13)26)14-8-16(21(30)35)20(32-11-14)25(27,28)29/h8-9,11-12,15,19H,5-7,10H2,1-4H3,(H2,30,35)(H,33,36)/t15-,19?/m0/s1. The molecule has 0 radical (unpaired) electrons. The van der Waals surface area contributed by atoms with Crippen LogP contribution in [0.4, 0.5) is 22.4 Å². The molecule has 0 aromatic carbocycles. The largest absolute Gasteiger partial charge is 0.444 e. The number of likely N-dealkylation sites (tertiary alicyclic amines) is 1. The molecule has 13 heteroatoms. The van der Waals surface area contributed by atoms with Crippen LogP contribution < -0.4 is 11.1 Å². The zero-order valence-electron chi connectivity index (χ0n) is 21.4. The molecule has 9 nitrogen and oxygen atoms in total. The van der Waals surface area contributed by atoms with Gasteiger partial charge in [0.05, 0.1) is 17.5 Å². The molecule has 0 aliphatic carbocycles. The van der Waals surface area contributed by atoms with E-state index in [2.05, 4.69) is 15.3 Å². The van der Waals surface area contributed by atoms with E-state index in [1.54, 1.807) is 20.8 Å². The molecule has 0 saturated carbocycles. The molecule has 1 saturated heterocycles. The molecule has 0 spiro atoms. The first-order valence-corrected chi connectivity index (χ1v) is 11.9. The summed E-state index contributed by atoms with van der Waals surface area (Å²) in [5.74, 6) is -2.61. The zero-order valence-corrected chi connectivity index (χ0v) is 21.4. The number of aromatic nitrogens is 2. The van der Waals surface area contributed by atoms with E-state index < -0.39 is 52.8 Å². The van der Waals surface area contributed by atoms with Crippen LogP contribution in [0.1, 0.15) is 68.6 Å². The first-order valence-electron chi connectivity index (χ1n) is 11.9. The summed E-state index contributed by atoms with van der Waals surface area (Å²) in [6.45, 7) is 6.78. The Morgan fingerprint density at radius 2 is 1.82 bits per heavy atom. The van der Waals surface area contributed by atoms with Crippen LogP contribution in [0.3, 0.4) is 0 Å². The van der Waals surface area contributed by atoms with Gasteiger partial charge in [-0.15, -0.1) is 0 Å². The second kappa shape index (κ2) is 10.9. The normalized spacial score (nSPS) is 17.8. The number of amides is 3. The molecule has 2 aromatic heterocycles. The Bertz CT molecular complexity index is 1230. The fourth-order valence-corrected chi connectivity index (χ4v) is 4.22. The highest BCUT2D eigenvalue weighted by atomic mass is 19.4. The number of primary amides is 1. The van der Waals surface area contributed by atoms with E-state index in [1.807, 2.05) is 6.92 Å². The molecule has 0 bridgehead atoms. The van der Waals surface area contributed by atoms with Gasteiger partial charge in [0, 0.05) is 29.9 Å². The van der Waals surface area contributed by atoms with Crippen molar-refractivity contribution in [1.29, 1.82) is 0 Å². The molecule has 3 N–H and O–H groups in total. The van der Waals surface area contributed by atoms with E-state index in [9.17, 15) is 31.9 Å². The molecule has 2 aromatic rings. The second-order valence-corrected chi connectivity index (χ2v) is 9.90. The summed E-state index contributed by atoms with van der Waals surface area (Å²) in [6.07, 6.45) is -2.20. The van der Waals surface area contributed by atoms with E-state index in [0.717, 1.165) is 18.5 Å². The number of pyridine rings is 2. The molecule has 38 heavy (non-hydrogen) atoms. The van der Waals surface area contributed by atoms with Crippen molar-refractivity contribution < 1.29 is 36.7 Å². The van der Waals surface area contributed by atoms with Gasteiger partial charge in [0.2, 0.25) is 5.91 Å². The molecule has 1 aliphatic rings. The number of carbonyl (C=O) groups is 3. The number of hydrogen-bond acceptors (Lipinski definition) is 6. The highest BCUT2D eigenvalue weighted by molar-refractivity contribution is 5.95. The lowest BCUT2D eigenvalue weighted by Crippen LogP contribution is -2.50. The number of rotatable bonds is 6. The summed E-state index contributed by atoms with van der Waals surface area (Å²) in [5.41, 5.74) is 2.04. The third kappa shape index (κ3) is 6.56. The van der Waals surface area contributed by atoms with Crippen molar-refractivity contribution in [2.75, 3.05) is 0 Å². The second-order valence-electron chi connectivity index (χ2n) is 9.90. The van der Waals surface area contributed by atoms with Crippen molar-refractivity contribution in [1.82, 2.24) is 20.2 Å². The van der Waals surface area contributed by atoms with E-state index in [1.165, 1.54) is 11.0 Å². The number of nitrogens with two attached hydrogens (primary N) is 1. The summed E-state index contributed by atoms with van der Waals surface area (Å²) >= 11 is 0. The molecule has 1 fully saturated rings. The SMILES string of the molecule is CC[C@H]1CCC(C(=O)NCc2cc(-c3cnc(C(F)(F)F)c(C(N)=O)c3)ncc2F)N1C(=O)OC(C)(C)C. The Hall–Kier alpha value is -3.77. The number of nitrogens with zero attached hydrogens (tertiary/aromatic N) is 3. The van der Waals surface area contributed by atoms with Crippen LogP contribution in [0.25, 0.3) is 11.3 Å². The van der Waals surface area contributed by atoms with Gasteiger partial charge in [0.15, 0.2) is 5.69 Å². The lowest BCUT2D eigenvalue weighted by Gasteiger charge is -2.31. The van der Waals surface area contributed by atoms with Gasteiger partial charge in [-0.3, -0.25) is 24.5 Å². The third-order valence-electron chi connectivity index (χ3n) is 5.99. The lowest BCUT2D eigenvalue weighted by atomic mass is 10.1. The summed E-state index contributed by atoms with van der Waals surface area (Å²) < 4.78 is 59.5. The van der Waals surface area contributed by atoms with Crippen molar-refractivity contribution in [3.8, 4) is 11.3 Å². The van der Waals surface area contributed by atoms with Gasteiger partial charge < -0.3 is 15.8 Å². The van der Waals surface area contributed by atoms with Crippen LogP contribution in [0.15, 0.2) is 24.5 Å². The molecule has 3 amide bonds. The minimum absolute atomic E-state index is 0.00272. The first kappa shape index (κ1) is 28.8. The van der Waals surface area contributed by atoms with Crippen LogP contribution in [-0.4, -0.2) is 50.5 Å². The van der Waals surface area contributed by atoms with Crippen molar-refractivity contribution in [2.45, 2.75) is 77.4 Å². The lowest BCUT2D eigenvalue weighted by molar-refractivity contribution is -0.141. The van der Waals surface area contributed by atoms with Crippen LogP contribution in [0.5, 0.6) is 0 Å². The summed E-state index contributed by atoms with van der Waals surface area (Å²) in [7, 11) is 0. The molecule has 3 heterocycles. The number of hydrogen-bond donors (Lipinski definition) is 2. The van der Waals surface area contributed by atoms with Crippen LogP contribution in [0.2, 0.25) is 0 Å². The fraction of sp³-hybridized carbons (Fsp3) is 0.480. The van der Waals surface area contributed by atoms with E-state index in [0.29, 0.717) is 19.3 Å². The van der Waals surface area contributed by atoms with Gasteiger partial charge in [0.1, 0.15) is 17.5 Å². The van der Waals surface area contributed by atoms with E-state index in [4.69, 9.17) is 10.5 Å². The minimum Gasteiger partial charge on any atom is -0.444 e. The average Bonchev–Trinajstić information content (AvgIpc) is 3.26. The average molecular weight is 540 g/mol. The molecule has 3 rings (SSSR count). The van der Waals surface area contributed by atoms with Gasteiger partial charge in [-0.2, -0.15) is 13.2 Å². The smallest absolute Gasteiger partial charge is 0.434 e. The molecular formula is C25H29F4N5O4. The summed E-state index contributed by atoms with van der Waals surface area (Å²) in [6, 6.07) is 1.11. The Balaban J connectivity index is 1.81. The maximum atomic E-state index is 14.5. The zero-order chi connectivity index (χ0) is 28.4. The highest BCUT2D eigenvalue weighted by Gasteiger charge is 2.42.